The summed E-state index contributed by atoms with van der Waals surface area (Å²) >= 11 is 0. The van der Waals surface area contributed by atoms with Crippen LogP contribution in [-0.4, -0.2) is 40.9 Å². The predicted molar refractivity (Wildman–Crippen MR) is 177 cm³/mol. The van der Waals surface area contributed by atoms with Gasteiger partial charge >= 0.3 is 0 Å². The fraction of sp³-hybridized carbons (Fsp3) is 0.0833. The molecular formula is C36H29N5O3S. The van der Waals surface area contributed by atoms with Crippen LogP contribution in [0.3, 0.4) is 0 Å². The van der Waals surface area contributed by atoms with Crippen LogP contribution >= 0.6 is 0 Å². The molecule has 4 aromatic carbocycles. The summed E-state index contributed by atoms with van der Waals surface area (Å²) in [5.41, 5.74) is 6.95. The number of H-pyrrole nitrogens is 1. The molecule has 1 N–H and O–H groups in total. The molecular weight excluding hydrogens is 582 g/mol. The number of aromatic nitrogens is 4. The molecule has 3 aromatic heterocycles. The number of carbonyl (C=O) groups excluding carboxylic acids is 1. The van der Waals surface area contributed by atoms with E-state index in [-0.39, 0.29) is 18.2 Å². The van der Waals surface area contributed by atoms with Crippen molar-refractivity contribution in [3.63, 3.8) is 0 Å². The Kier molecular flexibility index (Phi) is 7.23. The van der Waals surface area contributed by atoms with Crippen LogP contribution in [0.5, 0.6) is 0 Å². The van der Waals surface area contributed by atoms with Gasteiger partial charge in [-0.05, 0) is 53.1 Å². The van der Waals surface area contributed by atoms with Crippen LogP contribution in [0, 0.1) is 0 Å². The lowest BCUT2D eigenvalue weighted by molar-refractivity contribution is -0.118. The number of pyridine rings is 1. The number of aromatic amines is 1. The van der Waals surface area contributed by atoms with Gasteiger partial charge in [-0.25, -0.2) is 18.4 Å². The lowest BCUT2D eigenvalue weighted by Gasteiger charge is -2.18. The first kappa shape index (κ1) is 28.2. The van der Waals surface area contributed by atoms with Crippen molar-refractivity contribution in [2.45, 2.75) is 17.2 Å². The zero-order chi connectivity index (χ0) is 31.0. The summed E-state index contributed by atoms with van der Waals surface area (Å²) in [4.78, 5) is 27.1. The Labute approximate surface area is 260 Å². The molecule has 0 bridgehead atoms. The molecule has 45 heavy (non-hydrogen) atoms. The molecule has 0 saturated carbocycles. The Morgan fingerprint density at radius 1 is 0.889 bits per heavy atom. The maximum atomic E-state index is 13.2. The van der Waals surface area contributed by atoms with Crippen molar-refractivity contribution >= 4 is 43.4 Å². The van der Waals surface area contributed by atoms with Crippen LogP contribution in [0.4, 0.5) is 5.69 Å². The van der Waals surface area contributed by atoms with Crippen molar-refractivity contribution < 1.29 is 13.2 Å². The number of benzene rings is 4. The van der Waals surface area contributed by atoms with E-state index in [1.54, 1.807) is 65.6 Å². The number of likely N-dealkylation sites (N-methyl/N-ethyl adjacent to an activating group) is 1. The molecule has 0 aliphatic rings. The molecule has 0 aliphatic carbocycles. The average Bonchev–Trinajstić information content (AvgIpc) is 3.72. The van der Waals surface area contributed by atoms with Gasteiger partial charge in [-0.15, -0.1) is 0 Å². The van der Waals surface area contributed by atoms with Gasteiger partial charge in [0, 0.05) is 58.7 Å². The van der Waals surface area contributed by atoms with E-state index in [1.807, 2.05) is 66.9 Å². The van der Waals surface area contributed by atoms with Gasteiger partial charge < -0.3 is 14.5 Å². The van der Waals surface area contributed by atoms with E-state index in [4.69, 9.17) is 4.98 Å². The molecule has 7 aromatic rings. The standard InChI is InChI=1S/C36H29N5O3S/c1-40(33(42)22-41-19-18-37-24-41)28-15-13-26(14-16-28)31-21-38-36-35(34(31)27-8-4-2-5-9-27)30-20-25(12-17-32(30)39-36)23-45(43,44)29-10-6-3-7-11-29/h2-21,24H,22-23H2,1H3,(H,38,39). The van der Waals surface area contributed by atoms with Crippen molar-refractivity contribution in [2.75, 3.05) is 11.9 Å². The van der Waals surface area contributed by atoms with Gasteiger partial charge in [0.05, 0.1) is 17.0 Å². The highest BCUT2D eigenvalue weighted by Gasteiger charge is 2.20. The monoisotopic (exact) mass is 611 g/mol. The highest BCUT2D eigenvalue weighted by atomic mass is 32.2. The zero-order valence-electron chi connectivity index (χ0n) is 24.5. The smallest absolute Gasteiger partial charge is 0.246 e. The third kappa shape index (κ3) is 5.49. The Hall–Kier alpha value is -5.54. The summed E-state index contributed by atoms with van der Waals surface area (Å²) < 4.78 is 28.2. The number of nitrogens with zero attached hydrogens (tertiary/aromatic N) is 4. The number of anilines is 1. The Morgan fingerprint density at radius 2 is 1.62 bits per heavy atom. The second-order valence-corrected chi connectivity index (χ2v) is 12.9. The van der Waals surface area contributed by atoms with Gasteiger partial charge in [-0.1, -0.05) is 66.7 Å². The fourth-order valence-corrected chi connectivity index (χ4v) is 7.05. The maximum absolute atomic E-state index is 13.2. The van der Waals surface area contributed by atoms with Crippen molar-refractivity contribution in [3.8, 4) is 22.3 Å². The number of fused-ring (bicyclic) bond motifs is 3. The van der Waals surface area contributed by atoms with Gasteiger partial charge in [-0.2, -0.15) is 0 Å². The first-order chi connectivity index (χ1) is 21.9. The summed E-state index contributed by atoms with van der Waals surface area (Å²) in [5, 5.41) is 1.82. The fourth-order valence-electron chi connectivity index (χ4n) is 5.70. The Bertz CT molecular complexity index is 2250. The molecule has 7 rings (SSSR count). The molecule has 0 aliphatic heterocycles. The SMILES string of the molecule is CN(C(=O)Cn1ccnc1)c1ccc(-c2cnc3[nH]c4ccc(CS(=O)(=O)c5ccccc5)cc4c3c2-c2ccccc2)cc1. The quantitative estimate of drug-likeness (QED) is 0.202. The summed E-state index contributed by atoms with van der Waals surface area (Å²) in [5.74, 6) is -0.167. The van der Waals surface area contributed by atoms with Crippen molar-refractivity contribution in [2.24, 2.45) is 0 Å². The molecule has 0 radical (unpaired) electrons. The first-order valence-electron chi connectivity index (χ1n) is 14.5. The minimum atomic E-state index is -3.52. The topological polar surface area (TPSA) is 101 Å². The molecule has 0 fully saturated rings. The number of amides is 1. The van der Waals surface area contributed by atoms with Crippen LogP contribution in [0.2, 0.25) is 0 Å². The Morgan fingerprint density at radius 3 is 2.33 bits per heavy atom. The summed E-state index contributed by atoms with van der Waals surface area (Å²) in [7, 11) is -1.76. The molecule has 0 unspecified atom stereocenters. The van der Waals surface area contributed by atoms with E-state index in [9.17, 15) is 13.2 Å². The van der Waals surface area contributed by atoms with Crippen LogP contribution < -0.4 is 4.90 Å². The van der Waals surface area contributed by atoms with Crippen LogP contribution in [0.1, 0.15) is 5.56 Å². The molecule has 1 amide bonds. The van der Waals surface area contributed by atoms with Crippen molar-refractivity contribution in [1.82, 2.24) is 19.5 Å². The molecule has 8 nitrogen and oxygen atoms in total. The maximum Gasteiger partial charge on any atom is 0.246 e. The van der Waals surface area contributed by atoms with E-state index in [0.717, 1.165) is 49.9 Å². The minimum absolute atomic E-state index is 0.0577. The molecule has 222 valence electrons. The second kappa shape index (κ2) is 11.5. The van der Waals surface area contributed by atoms with E-state index < -0.39 is 9.84 Å². The van der Waals surface area contributed by atoms with Crippen LogP contribution in [0.15, 0.2) is 133 Å². The highest BCUT2D eigenvalue weighted by Crippen LogP contribution is 2.41. The molecule has 0 saturated heterocycles. The zero-order valence-corrected chi connectivity index (χ0v) is 25.3. The lowest BCUT2D eigenvalue weighted by Crippen LogP contribution is -2.29. The second-order valence-electron chi connectivity index (χ2n) is 10.9. The number of hydrogen-bond acceptors (Lipinski definition) is 5. The van der Waals surface area contributed by atoms with Crippen molar-refractivity contribution in [1.29, 1.82) is 0 Å². The number of nitrogens with one attached hydrogen (secondary N) is 1. The number of sulfone groups is 1. The summed E-state index contributed by atoms with van der Waals surface area (Å²) in [6.45, 7) is 0.201. The van der Waals surface area contributed by atoms with E-state index >= 15 is 0 Å². The van der Waals surface area contributed by atoms with E-state index in [1.165, 1.54) is 0 Å². The third-order valence-corrected chi connectivity index (χ3v) is 9.73. The average molecular weight is 612 g/mol. The first-order valence-corrected chi connectivity index (χ1v) is 16.1. The van der Waals surface area contributed by atoms with Crippen LogP contribution in [-0.2, 0) is 26.9 Å². The molecule has 3 heterocycles. The third-order valence-electron chi connectivity index (χ3n) is 8.02. The largest absolute Gasteiger partial charge is 0.339 e. The summed E-state index contributed by atoms with van der Waals surface area (Å²) in [6.07, 6.45) is 6.90. The van der Waals surface area contributed by atoms with Crippen molar-refractivity contribution in [3.05, 3.63) is 134 Å². The van der Waals surface area contributed by atoms with Gasteiger partial charge in [-0.3, -0.25) is 4.79 Å². The number of rotatable bonds is 8. The lowest BCUT2D eigenvalue weighted by atomic mass is 9.92. The molecule has 9 heteroatoms. The normalized spacial score (nSPS) is 11.7. The van der Waals surface area contributed by atoms with Crippen LogP contribution in [0.25, 0.3) is 44.2 Å². The predicted octanol–water partition coefficient (Wildman–Crippen LogP) is 6.88. The minimum Gasteiger partial charge on any atom is -0.339 e. The van der Waals surface area contributed by atoms with E-state index in [0.29, 0.717) is 10.5 Å². The summed E-state index contributed by atoms with van der Waals surface area (Å²) in [6, 6.07) is 32.2. The number of hydrogen-bond donors (Lipinski definition) is 1. The molecule has 0 atom stereocenters. The van der Waals surface area contributed by atoms with Gasteiger partial charge in [0.1, 0.15) is 12.2 Å². The van der Waals surface area contributed by atoms with Gasteiger partial charge in [0.15, 0.2) is 9.84 Å². The van der Waals surface area contributed by atoms with Gasteiger partial charge in [0.25, 0.3) is 0 Å². The molecule has 0 spiro atoms. The number of imidazole rings is 1. The van der Waals surface area contributed by atoms with Gasteiger partial charge in [0.2, 0.25) is 5.91 Å². The van der Waals surface area contributed by atoms with E-state index in [2.05, 4.69) is 22.1 Å². The number of carbonyl (C=O) groups is 1. The highest BCUT2D eigenvalue weighted by molar-refractivity contribution is 7.90. The Balaban J connectivity index is 1.31.